The molecule has 1 N–H and O–H groups in total. The smallest absolute Gasteiger partial charge is 0.263 e. The summed E-state index contributed by atoms with van der Waals surface area (Å²) in [5.41, 5.74) is 3.73. The lowest BCUT2D eigenvalue weighted by atomic mass is 10.0. The van der Waals surface area contributed by atoms with Gasteiger partial charge < -0.3 is 15.1 Å². The Hall–Kier alpha value is -5.46. The third kappa shape index (κ3) is 6.08. The van der Waals surface area contributed by atoms with E-state index in [1.54, 1.807) is 34.8 Å². The Morgan fingerprint density at radius 3 is 2.43 bits per heavy atom. The monoisotopic (exact) mass is 632 g/mol. The van der Waals surface area contributed by atoms with Crippen LogP contribution in [0.15, 0.2) is 65.8 Å². The fourth-order valence-electron chi connectivity index (χ4n) is 6.64. The Labute approximate surface area is 271 Å². The van der Waals surface area contributed by atoms with Gasteiger partial charge in [-0.3, -0.25) is 19.0 Å². The number of hydrogen-bond donors (Lipinski definition) is 1. The summed E-state index contributed by atoms with van der Waals surface area (Å²) < 4.78 is 3.29. The van der Waals surface area contributed by atoms with Crippen molar-refractivity contribution in [1.29, 1.82) is 0 Å². The van der Waals surface area contributed by atoms with Gasteiger partial charge in [-0.05, 0) is 44.4 Å². The average Bonchev–Trinajstić information content (AvgIpc) is 3.79. The van der Waals surface area contributed by atoms with Crippen molar-refractivity contribution in [1.82, 2.24) is 39.4 Å². The van der Waals surface area contributed by atoms with E-state index in [1.165, 1.54) is 6.92 Å². The molecule has 1 aliphatic heterocycles. The zero-order valence-electron chi connectivity index (χ0n) is 26.5. The minimum atomic E-state index is -0.279. The number of carbonyl (C=O) groups is 2. The second kappa shape index (κ2) is 12.7. The number of nitrogens with zero attached hydrogens (tertiary/aromatic N) is 9. The van der Waals surface area contributed by atoms with Crippen molar-refractivity contribution in [2.75, 3.05) is 36.4 Å². The van der Waals surface area contributed by atoms with Gasteiger partial charge in [0.1, 0.15) is 23.7 Å². The Morgan fingerprint density at radius 2 is 1.72 bits per heavy atom. The second-order valence-corrected chi connectivity index (χ2v) is 12.2. The van der Waals surface area contributed by atoms with Gasteiger partial charge in [0.25, 0.3) is 5.56 Å². The molecule has 1 aliphatic carbocycles. The van der Waals surface area contributed by atoms with E-state index in [1.807, 2.05) is 47.4 Å². The summed E-state index contributed by atoms with van der Waals surface area (Å²) in [5.74, 6) is 0.657. The van der Waals surface area contributed by atoms with Gasteiger partial charge in [0.05, 0.1) is 23.6 Å². The zero-order chi connectivity index (χ0) is 32.5. The van der Waals surface area contributed by atoms with Crippen molar-refractivity contribution in [3.05, 3.63) is 82.5 Å². The van der Waals surface area contributed by atoms with Crippen LogP contribution in [0.3, 0.4) is 0 Å². The third-order valence-electron chi connectivity index (χ3n) is 9.14. The predicted molar refractivity (Wildman–Crippen MR) is 178 cm³/mol. The molecule has 0 atom stereocenters. The summed E-state index contributed by atoms with van der Waals surface area (Å²) in [7, 11) is 0. The molecule has 1 aromatic carbocycles. The number of benzene rings is 1. The molecule has 0 spiro atoms. The van der Waals surface area contributed by atoms with Crippen LogP contribution in [-0.2, 0) is 11.3 Å². The van der Waals surface area contributed by atoms with E-state index < -0.39 is 0 Å². The van der Waals surface area contributed by atoms with E-state index in [9.17, 15) is 14.4 Å². The summed E-state index contributed by atoms with van der Waals surface area (Å²) in [5, 5.41) is 12.2. The van der Waals surface area contributed by atoms with E-state index in [-0.39, 0.29) is 35.4 Å². The van der Waals surface area contributed by atoms with Gasteiger partial charge in [0, 0.05) is 49.4 Å². The van der Waals surface area contributed by atoms with Crippen molar-refractivity contribution < 1.29 is 9.59 Å². The van der Waals surface area contributed by atoms with E-state index in [0.29, 0.717) is 54.5 Å². The van der Waals surface area contributed by atoms with Crippen LogP contribution < -0.4 is 15.8 Å². The number of fused-ring (bicyclic) bond motifs is 1. The third-order valence-corrected chi connectivity index (χ3v) is 9.14. The van der Waals surface area contributed by atoms with Crippen LogP contribution >= 0.6 is 0 Å². The Balaban J connectivity index is 1.00. The first-order chi connectivity index (χ1) is 22.9. The molecule has 1 saturated carbocycles. The number of ketones is 1. The molecule has 0 unspecified atom stereocenters. The van der Waals surface area contributed by atoms with Crippen molar-refractivity contribution in [3.63, 3.8) is 0 Å². The van der Waals surface area contributed by atoms with Crippen LogP contribution in [0.4, 0.5) is 17.5 Å². The first kappa shape index (κ1) is 30.2. The van der Waals surface area contributed by atoms with Gasteiger partial charge in [0.2, 0.25) is 11.9 Å². The topological polar surface area (TPSA) is 144 Å². The van der Waals surface area contributed by atoms with E-state index in [0.717, 1.165) is 42.6 Å². The van der Waals surface area contributed by atoms with Crippen molar-refractivity contribution in [2.24, 2.45) is 0 Å². The SMILES string of the molecule is CC(=O)c1c(C)c2cnc(Nc3ccc(N4CCN(C(=O)Cn5cc(-c6ccccc6)nn5)CC4)cn3)nc2n(C2CCCC2)c1=O. The standard InChI is InChI=1S/C34H36N10O3/c1-22-27-19-36-34(38-32(27)44(25-10-6-7-11-25)33(47)31(22)23(2)45)37-29-13-12-26(18-35-29)41-14-16-42(17-15-41)30(46)21-43-20-28(39-40-43)24-8-4-3-5-9-24/h3-5,8-9,12-13,18-20,25H,6-7,10-11,14-17,21H2,1-2H3,(H,35,36,37,38). The number of aryl methyl sites for hydroxylation is 1. The van der Waals surface area contributed by atoms with Crippen LogP contribution in [0.5, 0.6) is 0 Å². The number of carbonyl (C=O) groups excluding carboxylic acids is 2. The highest BCUT2D eigenvalue weighted by molar-refractivity contribution is 5.99. The average molecular weight is 633 g/mol. The normalized spacial score (nSPS) is 15.4. The van der Waals surface area contributed by atoms with Gasteiger partial charge in [-0.2, -0.15) is 4.98 Å². The van der Waals surface area contributed by atoms with Crippen LogP contribution in [0, 0.1) is 6.92 Å². The predicted octanol–water partition coefficient (Wildman–Crippen LogP) is 4.16. The molecule has 1 saturated heterocycles. The minimum absolute atomic E-state index is 0.00767. The quantitative estimate of drug-likeness (QED) is 0.248. The Morgan fingerprint density at radius 1 is 0.957 bits per heavy atom. The highest BCUT2D eigenvalue weighted by Crippen LogP contribution is 2.32. The molecular formula is C34H36N10O3. The largest absolute Gasteiger partial charge is 0.367 e. The first-order valence-electron chi connectivity index (χ1n) is 16.0. The molecule has 13 heteroatoms. The number of anilines is 3. The van der Waals surface area contributed by atoms with Crippen LogP contribution in [0.25, 0.3) is 22.3 Å². The lowest BCUT2D eigenvalue weighted by Crippen LogP contribution is -2.49. The number of hydrogen-bond acceptors (Lipinski definition) is 10. The van der Waals surface area contributed by atoms with Gasteiger partial charge in [-0.15, -0.1) is 5.10 Å². The maximum Gasteiger partial charge on any atom is 0.263 e. The molecule has 2 aliphatic rings. The molecular weight excluding hydrogens is 596 g/mol. The first-order valence-corrected chi connectivity index (χ1v) is 16.0. The molecule has 4 aromatic heterocycles. The Bertz CT molecular complexity index is 1990. The van der Waals surface area contributed by atoms with E-state index >= 15 is 0 Å². The molecule has 0 radical (unpaired) electrons. The van der Waals surface area contributed by atoms with Crippen LogP contribution in [0.1, 0.15) is 54.6 Å². The maximum atomic E-state index is 13.5. The lowest BCUT2D eigenvalue weighted by Gasteiger charge is -2.36. The number of rotatable bonds is 8. The fourth-order valence-corrected chi connectivity index (χ4v) is 6.64. The minimum Gasteiger partial charge on any atom is -0.367 e. The molecule has 2 fully saturated rings. The highest BCUT2D eigenvalue weighted by atomic mass is 16.2. The molecule has 5 heterocycles. The van der Waals surface area contributed by atoms with Gasteiger partial charge in [0.15, 0.2) is 5.78 Å². The van der Waals surface area contributed by atoms with Gasteiger partial charge in [-0.25, -0.2) is 14.6 Å². The lowest BCUT2D eigenvalue weighted by molar-refractivity contribution is -0.132. The highest BCUT2D eigenvalue weighted by Gasteiger charge is 2.26. The summed E-state index contributed by atoms with van der Waals surface area (Å²) >= 11 is 0. The van der Waals surface area contributed by atoms with Gasteiger partial charge >= 0.3 is 0 Å². The van der Waals surface area contributed by atoms with Crippen molar-refractivity contribution >= 4 is 40.2 Å². The zero-order valence-corrected chi connectivity index (χ0v) is 26.5. The second-order valence-electron chi connectivity index (χ2n) is 12.2. The molecule has 47 heavy (non-hydrogen) atoms. The summed E-state index contributed by atoms with van der Waals surface area (Å²) in [6, 6.07) is 13.6. The number of Topliss-reactive ketones (excluding diaryl/α,β-unsaturated/α-hetero) is 1. The molecule has 1 amide bonds. The summed E-state index contributed by atoms with van der Waals surface area (Å²) in [6.07, 6.45) is 9.11. The summed E-state index contributed by atoms with van der Waals surface area (Å²) in [4.78, 5) is 56.8. The number of amides is 1. The van der Waals surface area contributed by atoms with Crippen molar-refractivity contribution in [3.8, 4) is 11.3 Å². The molecule has 5 aromatic rings. The molecule has 0 bridgehead atoms. The van der Waals surface area contributed by atoms with Crippen LogP contribution in [-0.4, -0.2) is 77.3 Å². The molecule has 240 valence electrons. The van der Waals surface area contributed by atoms with Crippen LogP contribution in [0.2, 0.25) is 0 Å². The van der Waals surface area contributed by atoms with Crippen molar-refractivity contribution in [2.45, 2.75) is 52.1 Å². The summed E-state index contributed by atoms with van der Waals surface area (Å²) in [6.45, 7) is 5.91. The molecule has 7 rings (SSSR count). The number of nitrogens with one attached hydrogen (secondary N) is 1. The van der Waals surface area contributed by atoms with E-state index in [2.05, 4.69) is 30.5 Å². The van der Waals surface area contributed by atoms with E-state index in [4.69, 9.17) is 4.98 Å². The number of piperazine rings is 1. The fraction of sp³-hybridized carbons (Fsp3) is 0.353. The molecule has 13 nitrogen and oxygen atoms in total. The Kier molecular flexibility index (Phi) is 8.19. The number of pyridine rings is 2. The maximum absolute atomic E-state index is 13.5. The van der Waals surface area contributed by atoms with Gasteiger partial charge in [-0.1, -0.05) is 48.4 Å². The number of aromatic nitrogens is 7.